The van der Waals surface area contributed by atoms with E-state index in [0.29, 0.717) is 0 Å². The van der Waals surface area contributed by atoms with Crippen LogP contribution in [0.2, 0.25) is 0 Å². The third-order valence-corrected chi connectivity index (χ3v) is 3.80. The summed E-state index contributed by atoms with van der Waals surface area (Å²) in [6.45, 7) is 8.53. The Hall–Kier alpha value is -1.38. The third kappa shape index (κ3) is 2.06. The molecule has 0 bridgehead atoms. The molecule has 0 spiro atoms. The molecule has 0 unspecified atom stereocenters. The van der Waals surface area contributed by atoms with Crippen molar-refractivity contribution in [3.05, 3.63) is 18.2 Å². The highest BCUT2D eigenvalue weighted by atomic mass is 16.5. The van der Waals surface area contributed by atoms with Gasteiger partial charge in [-0.15, -0.1) is 0 Å². The lowest BCUT2D eigenvalue weighted by molar-refractivity contribution is 0.0579. The van der Waals surface area contributed by atoms with Crippen molar-refractivity contribution in [3.63, 3.8) is 0 Å². The molecule has 17 heavy (non-hydrogen) atoms. The van der Waals surface area contributed by atoms with Crippen LogP contribution < -0.4 is 15.4 Å². The molecule has 94 valence electrons. The molecule has 1 aromatic carbocycles. The lowest BCUT2D eigenvalue weighted by atomic mass is 9.94. The zero-order chi connectivity index (χ0) is 12.5. The van der Waals surface area contributed by atoms with E-state index < -0.39 is 0 Å². The highest BCUT2D eigenvalue weighted by Gasteiger charge is 2.36. The SMILES string of the molecule is CCN1CC(CC)(CC)Oc2cc(N)ccc21. The van der Waals surface area contributed by atoms with Crippen LogP contribution in [-0.2, 0) is 0 Å². The average Bonchev–Trinajstić information content (AvgIpc) is 2.36. The number of hydrogen-bond donors (Lipinski definition) is 1. The highest BCUT2D eigenvalue weighted by molar-refractivity contribution is 5.65. The molecule has 0 fully saturated rings. The molecule has 0 radical (unpaired) electrons. The first-order valence-corrected chi connectivity index (χ1v) is 6.47. The van der Waals surface area contributed by atoms with E-state index in [4.69, 9.17) is 10.5 Å². The van der Waals surface area contributed by atoms with Crippen LogP contribution in [0, 0.1) is 0 Å². The van der Waals surface area contributed by atoms with Gasteiger partial charge in [0.15, 0.2) is 0 Å². The first-order chi connectivity index (χ1) is 8.14. The van der Waals surface area contributed by atoms with Gasteiger partial charge in [-0.2, -0.15) is 0 Å². The van der Waals surface area contributed by atoms with Gasteiger partial charge in [0.25, 0.3) is 0 Å². The van der Waals surface area contributed by atoms with E-state index in [9.17, 15) is 0 Å². The van der Waals surface area contributed by atoms with Crippen molar-refractivity contribution in [2.45, 2.75) is 39.2 Å². The molecule has 0 aliphatic carbocycles. The van der Waals surface area contributed by atoms with E-state index in [0.717, 1.165) is 37.4 Å². The Balaban J connectivity index is 2.42. The number of nitrogen functional groups attached to an aromatic ring is 1. The quantitative estimate of drug-likeness (QED) is 0.817. The van der Waals surface area contributed by atoms with Gasteiger partial charge in [0.2, 0.25) is 0 Å². The minimum Gasteiger partial charge on any atom is -0.483 e. The van der Waals surface area contributed by atoms with Crippen molar-refractivity contribution < 1.29 is 4.74 Å². The number of nitrogens with zero attached hydrogens (tertiary/aromatic N) is 1. The standard InChI is InChI=1S/C14H22N2O/c1-4-14(5-2)10-16(6-3)12-8-7-11(15)9-13(12)17-14/h7-9H,4-6,10,15H2,1-3H3. The summed E-state index contributed by atoms with van der Waals surface area (Å²) in [4.78, 5) is 2.38. The van der Waals surface area contributed by atoms with Crippen molar-refractivity contribution in [2.24, 2.45) is 0 Å². The molecule has 1 aromatic rings. The Morgan fingerprint density at radius 1 is 1.29 bits per heavy atom. The van der Waals surface area contributed by atoms with Crippen LogP contribution in [0.15, 0.2) is 18.2 Å². The maximum absolute atomic E-state index is 6.21. The summed E-state index contributed by atoms with van der Waals surface area (Å²) in [7, 11) is 0. The van der Waals surface area contributed by atoms with Crippen LogP contribution in [0.25, 0.3) is 0 Å². The van der Waals surface area contributed by atoms with Crippen molar-refractivity contribution >= 4 is 11.4 Å². The van der Waals surface area contributed by atoms with Gasteiger partial charge < -0.3 is 15.4 Å². The lowest BCUT2D eigenvalue weighted by Crippen LogP contribution is -2.50. The molecule has 3 heteroatoms. The fourth-order valence-electron chi connectivity index (χ4n) is 2.47. The van der Waals surface area contributed by atoms with E-state index in [2.05, 4.69) is 31.7 Å². The van der Waals surface area contributed by atoms with Crippen LogP contribution in [0.5, 0.6) is 5.75 Å². The van der Waals surface area contributed by atoms with Crippen molar-refractivity contribution in [2.75, 3.05) is 23.7 Å². The Morgan fingerprint density at radius 2 is 2.00 bits per heavy atom. The zero-order valence-corrected chi connectivity index (χ0v) is 11.0. The summed E-state index contributed by atoms with van der Waals surface area (Å²) in [6, 6.07) is 5.94. The maximum atomic E-state index is 6.21. The van der Waals surface area contributed by atoms with Gasteiger partial charge in [0.1, 0.15) is 11.4 Å². The monoisotopic (exact) mass is 234 g/mol. The van der Waals surface area contributed by atoms with E-state index in [1.165, 1.54) is 5.69 Å². The van der Waals surface area contributed by atoms with Gasteiger partial charge in [-0.1, -0.05) is 13.8 Å². The lowest BCUT2D eigenvalue weighted by Gasteiger charge is -2.44. The number of hydrogen-bond acceptors (Lipinski definition) is 3. The number of anilines is 2. The molecule has 1 aliphatic rings. The first kappa shape index (κ1) is 12.1. The summed E-state index contributed by atoms with van der Waals surface area (Å²) in [5.41, 5.74) is 7.72. The number of ether oxygens (including phenoxy) is 1. The number of nitrogens with two attached hydrogens (primary N) is 1. The fourth-order valence-corrected chi connectivity index (χ4v) is 2.47. The molecule has 2 rings (SSSR count). The molecule has 0 atom stereocenters. The Morgan fingerprint density at radius 3 is 2.59 bits per heavy atom. The largest absolute Gasteiger partial charge is 0.483 e. The Kier molecular flexibility index (Phi) is 3.18. The molecule has 1 aliphatic heterocycles. The summed E-state index contributed by atoms with van der Waals surface area (Å²) in [6.07, 6.45) is 2.04. The second-order valence-corrected chi connectivity index (χ2v) is 4.73. The number of fused-ring (bicyclic) bond motifs is 1. The van der Waals surface area contributed by atoms with Crippen molar-refractivity contribution in [1.82, 2.24) is 0 Å². The molecule has 0 saturated carbocycles. The van der Waals surface area contributed by atoms with Gasteiger partial charge >= 0.3 is 0 Å². The van der Waals surface area contributed by atoms with Crippen LogP contribution in [0.4, 0.5) is 11.4 Å². The van der Waals surface area contributed by atoms with Crippen molar-refractivity contribution in [3.8, 4) is 5.75 Å². The number of rotatable bonds is 3. The topological polar surface area (TPSA) is 38.5 Å². The molecular formula is C14H22N2O. The zero-order valence-electron chi connectivity index (χ0n) is 11.0. The summed E-state index contributed by atoms with van der Waals surface area (Å²) >= 11 is 0. The average molecular weight is 234 g/mol. The minimum atomic E-state index is -0.0587. The van der Waals surface area contributed by atoms with Crippen LogP contribution in [-0.4, -0.2) is 18.7 Å². The number of likely N-dealkylation sites (N-methyl/N-ethyl adjacent to an activating group) is 1. The Labute approximate surface area is 104 Å². The van der Waals surface area contributed by atoms with Gasteiger partial charge in [-0.05, 0) is 31.9 Å². The molecule has 0 aromatic heterocycles. The maximum Gasteiger partial charge on any atom is 0.145 e. The second-order valence-electron chi connectivity index (χ2n) is 4.73. The molecular weight excluding hydrogens is 212 g/mol. The van der Waals surface area contributed by atoms with E-state index in [1.807, 2.05) is 12.1 Å². The van der Waals surface area contributed by atoms with Gasteiger partial charge in [0, 0.05) is 18.3 Å². The van der Waals surface area contributed by atoms with Gasteiger partial charge in [0.05, 0.1) is 12.2 Å². The van der Waals surface area contributed by atoms with E-state index in [-0.39, 0.29) is 5.60 Å². The first-order valence-electron chi connectivity index (χ1n) is 6.47. The Bertz CT molecular complexity index is 399. The summed E-state index contributed by atoms with van der Waals surface area (Å²) in [5.74, 6) is 0.932. The van der Waals surface area contributed by atoms with Crippen LogP contribution >= 0.6 is 0 Å². The second kappa shape index (κ2) is 4.47. The molecule has 1 heterocycles. The third-order valence-electron chi connectivity index (χ3n) is 3.80. The summed E-state index contributed by atoms with van der Waals surface area (Å²) in [5, 5.41) is 0. The summed E-state index contributed by atoms with van der Waals surface area (Å²) < 4.78 is 6.21. The van der Waals surface area contributed by atoms with E-state index in [1.54, 1.807) is 0 Å². The fraction of sp³-hybridized carbons (Fsp3) is 0.571. The molecule has 0 amide bonds. The molecule has 0 saturated heterocycles. The van der Waals surface area contributed by atoms with Crippen LogP contribution in [0.1, 0.15) is 33.6 Å². The van der Waals surface area contributed by atoms with E-state index >= 15 is 0 Å². The van der Waals surface area contributed by atoms with Crippen LogP contribution in [0.3, 0.4) is 0 Å². The predicted octanol–water partition coefficient (Wildman–Crippen LogP) is 3.05. The molecule has 2 N–H and O–H groups in total. The van der Waals surface area contributed by atoms with Crippen molar-refractivity contribution in [1.29, 1.82) is 0 Å². The number of benzene rings is 1. The van der Waals surface area contributed by atoms with Gasteiger partial charge in [-0.25, -0.2) is 0 Å². The normalized spacial score (nSPS) is 17.5. The smallest absolute Gasteiger partial charge is 0.145 e. The highest BCUT2D eigenvalue weighted by Crippen LogP contribution is 2.40. The molecule has 3 nitrogen and oxygen atoms in total. The van der Waals surface area contributed by atoms with Gasteiger partial charge in [-0.3, -0.25) is 0 Å². The predicted molar refractivity (Wildman–Crippen MR) is 72.7 cm³/mol. The minimum absolute atomic E-state index is 0.0587.